The number of ether oxygens (including phenoxy) is 2. The van der Waals surface area contributed by atoms with E-state index in [9.17, 15) is 9.59 Å². The molecule has 2 heterocycles. The lowest BCUT2D eigenvalue weighted by Gasteiger charge is -2.19. The van der Waals surface area contributed by atoms with E-state index in [1.165, 1.54) is 18.3 Å². The standard InChI is InChI=1S/C15H13ClN2O4S/c1-8(19)17-14-3-2-13(23-14)15(20)18-10-7-12-11(6-9(10)16)21-4-5-22-12/h2-3,6-7H,4-5H2,1H3,(H,17,19)(H,18,20). The molecule has 0 saturated heterocycles. The molecule has 0 spiro atoms. The maximum Gasteiger partial charge on any atom is 0.265 e. The van der Waals surface area contributed by atoms with Crippen LogP contribution in [0.25, 0.3) is 0 Å². The first-order valence-electron chi connectivity index (χ1n) is 6.81. The van der Waals surface area contributed by atoms with Gasteiger partial charge >= 0.3 is 0 Å². The predicted octanol–water partition coefficient (Wildman–Crippen LogP) is 3.38. The van der Waals surface area contributed by atoms with Gasteiger partial charge in [-0.05, 0) is 12.1 Å². The Hall–Kier alpha value is -2.25. The molecule has 1 aromatic carbocycles. The van der Waals surface area contributed by atoms with E-state index >= 15 is 0 Å². The van der Waals surface area contributed by atoms with Crippen LogP contribution in [-0.4, -0.2) is 25.0 Å². The molecule has 3 rings (SSSR count). The molecule has 1 aromatic heterocycles. The molecule has 8 heteroatoms. The molecule has 1 aliphatic rings. The monoisotopic (exact) mass is 352 g/mol. The Morgan fingerprint density at radius 3 is 2.52 bits per heavy atom. The van der Waals surface area contributed by atoms with Crippen LogP contribution in [0.1, 0.15) is 16.6 Å². The Labute approximate surface area is 141 Å². The van der Waals surface area contributed by atoms with Crippen molar-refractivity contribution in [2.45, 2.75) is 6.92 Å². The van der Waals surface area contributed by atoms with Crippen LogP contribution >= 0.6 is 22.9 Å². The topological polar surface area (TPSA) is 76.7 Å². The zero-order valence-corrected chi connectivity index (χ0v) is 13.7. The fraction of sp³-hybridized carbons (Fsp3) is 0.200. The molecule has 0 atom stereocenters. The van der Waals surface area contributed by atoms with Gasteiger partial charge in [-0.25, -0.2) is 0 Å². The number of halogens is 1. The van der Waals surface area contributed by atoms with Crippen molar-refractivity contribution in [1.82, 2.24) is 0 Å². The van der Waals surface area contributed by atoms with Crippen molar-refractivity contribution < 1.29 is 19.1 Å². The predicted molar refractivity (Wildman–Crippen MR) is 89.0 cm³/mol. The normalized spacial score (nSPS) is 12.6. The number of hydrogen-bond donors (Lipinski definition) is 2. The maximum atomic E-state index is 12.3. The van der Waals surface area contributed by atoms with Crippen molar-refractivity contribution in [3.8, 4) is 11.5 Å². The molecule has 0 aliphatic carbocycles. The van der Waals surface area contributed by atoms with Gasteiger partial charge in [0.15, 0.2) is 11.5 Å². The Bertz CT molecular complexity index is 775. The third-order valence-corrected chi connectivity index (χ3v) is 4.32. The third kappa shape index (κ3) is 3.57. The van der Waals surface area contributed by atoms with Gasteiger partial charge in [0.05, 0.1) is 20.6 Å². The van der Waals surface area contributed by atoms with Crippen LogP contribution in [-0.2, 0) is 4.79 Å². The Kier molecular flexibility index (Phi) is 4.40. The lowest BCUT2D eigenvalue weighted by atomic mass is 10.2. The molecular weight excluding hydrogens is 340 g/mol. The first-order chi connectivity index (χ1) is 11.0. The van der Waals surface area contributed by atoms with E-state index in [2.05, 4.69) is 10.6 Å². The van der Waals surface area contributed by atoms with Crippen LogP contribution in [0.4, 0.5) is 10.7 Å². The van der Waals surface area contributed by atoms with Crippen molar-refractivity contribution >= 4 is 45.4 Å². The summed E-state index contributed by atoms with van der Waals surface area (Å²) in [5.74, 6) is 0.600. The Balaban J connectivity index is 1.77. The molecule has 0 radical (unpaired) electrons. The molecule has 2 amide bonds. The van der Waals surface area contributed by atoms with Gasteiger partial charge in [-0.3, -0.25) is 9.59 Å². The van der Waals surface area contributed by atoms with E-state index in [0.717, 1.165) is 0 Å². The first-order valence-corrected chi connectivity index (χ1v) is 8.00. The zero-order valence-electron chi connectivity index (χ0n) is 12.1. The highest BCUT2D eigenvalue weighted by molar-refractivity contribution is 7.18. The van der Waals surface area contributed by atoms with Crippen molar-refractivity contribution in [2.75, 3.05) is 23.8 Å². The van der Waals surface area contributed by atoms with Gasteiger partial charge in [-0.1, -0.05) is 11.6 Å². The summed E-state index contributed by atoms with van der Waals surface area (Å²) in [5, 5.41) is 6.34. The van der Waals surface area contributed by atoms with E-state index in [4.69, 9.17) is 21.1 Å². The summed E-state index contributed by atoms with van der Waals surface area (Å²) >= 11 is 7.34. The number of fused-ring (bicyclic) bond motifs is 1. The minimum absolute atomic E-state index is 0.186. The van der Waals surface area contributed by atoms with E-state index in [-0.39, 0.29) is 11.8 Å². The SMILES string of the molecule is CC(=O)Nc1ccc(C(=O)Nc2cc3c(cc2Cl)OCCO3)s1. The minimum Gasteiger partial charge on any atom is -0.486 e. The average Bonchev–Trinajstić information content (AvgIpc) is 2.95. The highest BCUT2D eigenvalue weighted by Gasteiger charge is 2.17. The fourth-order valence-corrected chi connectivity index (χ4v) is 3.09. The Morgan fingerprint density at radius 1 is 1.13 bits per heavy atom. The minimum atomic E-state index is -0.315. The highest BCUT2D eigenvalue weighted by atomic mass is 35.5. The van der Waals surface area contributed by atoms with Gasteiger partial charge in [-0.2, -0.15) is 0 Å². The lowest BCUT2D eigenvalue weighted by Crippen LogP contribution is -2.16. The quantitative estimate of drug-likeness (QED) is 0.887. The van der Waals surface area contributed by atoms with Gasteiger partial charge in [-0.15, -0.1) is 11.3 Å². The summed E-state index contributed by atoms with van der Waals surface area (Å²) in [7, 11) is 0. The maximum absolute atomic E-state index is 12.3. The van der Waals surface area contributed by atoms with E-state index < -0.39 is 0 Å². The number of rotatable bonds is 3. The molecule has 0 bridgehead atoms. The number of benzene rings is 1. The molecule has 2 aromatic rings. The Morgan fingerprint density at radius 2 is 1.83 bits per heavy atom. The summed E-state index contributed by atoms with van der Waals surface area (Å²) in [5.41, 5.74) is 0.440. The second-order valence-electron chi connectivity index (χ2n) is 4.77. The number of amides is 2. The molecule has 0 fully saturated rings. The number of thiophene rings is 1. The van der Waals surface area contributed by atoms with Crippen molar-refractivity contribution in [3.63, 3.8) is 0 Å². The van der Waals surface area contributed by atoms with Gasteiger partial charge in [0, 0.05) is 19.1 Å². The number of anilines is 2. The van der Waals surface area contributed by atoms with Crippen LogP contribution < -0.4 is 20.1 Å². The molecule has 6 nitrogen and oxygen atoms in total. The first kappa shape index (κ1) is 15.6. The summed E-state index contributed by atoms with van der Waals surface area (Å²) in [6, 6.07) is 6.56. The van der Waals surface area contributed by atoms with Crippen molar-refractivity contribution in [1.29, 1.82) is 0 Å². The second-order valence-corrected chi connectivity index (χ2v) is 6.27. The highest BCUT2D eigenvalue weighted by Crippen LogP contribution is 2.38. The van der Waals surface area contributed by atoms with Crippen LogP contribution in [0.2, 0.25) is 5.02 Å². The largest absolute Gasteiger partial charge is 0.486 e. The number of carbonyl (C=O) groups is 2. The van der Waals surface area contributed by atoms with Crippen LogP contribution in [0.15, 0.2) is 24.3 Å². The molecule has 23 heavy (non-hydrogen) atoms. The molecule has 120 valence electrons. The lowest BCUT2D eigenvalue weighted by molar-refractivity contribution is -0.114. The molecule has 0 unspecified atom stereocenters. The van der Waals surface area contributed by atoms with Crippen LogP contribution in [0, 0.1) is 0 Å². The zero-order chi connectivity index (χ0) is 16.4. The molecule has 0 saturated carbocycles. The summed E-state index contributed by atoms with van der Waals surface area (Å²) in [6.07, 6.45) is 0. The van der Waals surface area contributed by atoms with Gasteiger partial charge < -0.3 is 20.1 Å². The number of hydrogen-bond acceptors (Lipinski definition) is 5. The third-order valence-electron chi connectivity index (χ3n) is 3.01. The number of carbonyl (C=O) groups excluding carboxylic acids is 2. The van der Waals surface area contributed by atoms with E-state index in [1.807, 2.05) is 0 Å². The average molecular weight is 353 g/mol. The second kappa shape index (κ2) is 6.47. The number of nitrogens with one attached hydrogen (secondary N) is 2. The van der Waals surface area contributed by atoms with E-state index in [0.29, 0.717) is 45.3 Å². The van der Waals surface area contributed by atoms with Gasteiger partial charge in [0.2, 0.25) is 5.91 Å². The molecular formula is C15H13ClN2O4S. The smallest absolute Gasteiger partial charge is 0.265 e. The fourth-order valence-electron chi connectivity index (χ4n) is 2.04. The van der Waals surface area contributed by atoms with Gasteiger partial charge in [0.25, 0.3) is 5.91 Å². The summed E-state index contributed by atoms with van der Waals surface area (Å²) < 4.78 is 10.9. The van der Waals surface area contributed by atoms with Crippen molar-refractivity contribution in [2.24, 2.45) is 0 Å². The molecule has 1 aliphatic heterocycles. The summed E-state index contributed by atoms with van der Waals surface area (Å²) in [6.45, 7) is 2.33. The summed E-state index contributed by atoms with van der Waals surface area (Å²) in [4.78, 5) is 23.8. The van der Waals surface area contributed by atoms with Crippen LogP contribution in [0.3, 0.4) is 0 Å². The van der Waals surface area contributed by atoms with Crippen LogP contribution in [0.5, 0.6) is 11.5 Å². The van der Waals surface area contributed by atoms with Crippen molar-refractivity contribution in [3.05, 3.63) is 34.2 Å². The van der Waals surface area contributed by atoms with E-state index in [1.54, 1.807) is 24.3 Å². The molecule has 2 N–H and O–H groups in total. The van der Waals surface area contributed by atoms with Gasteiger partial charge in [0.1, 0.15) is 13.2 Å².